The standard InChI is InChI=1S/C65H48N4/c1-65(2)53-20-8-7-19-47(53)48-34-31-44(38-54(48)65)64-50-36-33-45(68-59-25-13-9-21-55(59)66(3)56-22-10-14-26-60(56)68)39-51(50)63(43-30-29-41-17-5-6-18-42(41)37-43)49-35-32-46(40-52(49)64)69-61-27-15-11-23-57(61)67(4)58-24-12-16-28-62(58)69/h5-40H,1-4H3. The second-order valence-electron chi connectivity index (χ2n) is 19.4. The van der Waals surface area contributed by atoms with Gasteiger partial charge in [-0.1, -0.05) is 147 Å². The molecule has 0 amide bonds. The van der Waals surface area contributed by atoms with Gasteiger partial charge in [0.2, 0.25) is 0 Å². The predicted molar refractivity (Wildman–Crippen MR) is 293 cm³/mol. The largest absolute Gasteiger partial charge is 0.341 e. The molecule has 4 nitrogen and oxygen atoms in total. The summed E-state index contributed by atoms with van der Waals surface area (Å²) in [7, 11) is 4.35. The number of rotatable bonds is 4. The summed E-state index contributed by atoms with van der Waals surface area (Å²) in [6.45, 7) is 4.78. The molecular weight excluding hydrogens is 837 g/mol. The topological polar surface area (TPSA) is 13.0 Å². The Morgan fingerprint density at radius 2 is 0.710 bits per heavy atom. The normalized spacial score (nSPS) is 14.1. The van der Waals surface area contributed by atoms with Crippen molar-refractivity contribution in [3.8, 4) is 33.4 Å². The van der Waals surface area contributed by atoms with Gasteiger partial charge in [-0.2, -0.15) is 0 Å². The van der Waals surface area contributed by atoms with Gasteiger partial charge < -0.3 is 19.6 Å². The maximum Gasteiger partial charge on any atom is 0.0699 e. The smallest absolute Gasteiger partial charge is 0.0699 e. The molecule has 0 spiro atoms. The van der Waals surface area contributed by atoms with E-state index < -0.39 is 0 Å². The molecule has 0 bridgehead atoms. The van der Waals surface area contributed by atoms with Crippen molar-refractivity contribution in [1.82, 2.24) is 0 Å². The van der Waals surface area contributed by atoms with E-state index in [1.807, 2.05) is 0 Å². The number of nitrogens with zero attached hydrogens (tertiary/aromatic N) is 4. The fourth-order valence-electron chi connectivity index (χ4n) is 12.1. The lowest BCUT2D eigenvalue weighted by Gasteiger charge is -2.39. The summed E-state index contributed by atoms with van der Waals surface area (Å²) in [6.07, 6.45) is 0. The number of anilines is 10. The molecule has 4 heteroatoms. The maximum atomic E-state index is 2.51. The van der Waals surface area contributed by atoms with E-state index >= 15 is 0 Å². The van der Waals surface area contributed by atoms with Gasteiger partial charge in [0.25, 0.3) is 0 Å². The molecule has 328 valence electrons. The molecule has 0 fully saturated rings. The minimum atomic E-state index is -0.160. The monoisotopic (exact) mass is 884 g/mol. The molecule has 11 aromatic carbocycles. The fourth-order valence-corrected chi connectivity index (χ4v) is 12.1. The third kappa shape index (κ3) is 5.69. The molecule has 14 rings (SSSR count). The van der Waals surface area contributed by atoms with Gasteiger partial charge in [-0.25, -0.2) is 0 Å². The summed E-state index contributed by atoms with van der Waals surface area (Å²) in [4.78, 5) is 9.55. The second kappa shape index (κ2) is 14.7. The van der Waals surface area contributed by atoms with Crippen molar-refractivity contribution in [2.24, 2.45) is 0 Å². The molecule has 11 aromatic rings. The third-order valence-electron chi connectivity index (χ3n) is 15.4. The zero-order valence-corrected chi connectivity index (χ0v) is 39.1. The molecule has 69 heavy (non-hydrogen) atoms. The highest BCUT2D eigenvalue weighted by Crippen LogP contribution is 2.56. The molecule has 0 N–H and O–H groups in total. The van der Waals surface area contributed by atoms with Crippen molar-refractivity contribution < 1.29 is 0 Å². The van der Waals surface area contributed by atoms with Crippen LogP contribution in [0.4, 0.5) is 56.9 Å². The minimum Gasteiger partial charge on any atom is -0.341 e. The molecule has 0 saturated carbocycles. The van der Waals surface area contributed by atoms with Crippen molar-refractivity contribution in [1.29, 1.82) is 0 Å². The van der Waals surface area contributed by atoms with Crippen molar-refractivity contribution in [3.63, 3.8) is 0 Å². The van der Waals surface area contributed by atoms with Gasteiger partial charge in [0.1, 0.15) is 0 Å². The first kappa shape index (κ1) is 39.6. The molecule has 0 radical (unpaired) electrons. The molecule has 1 aliphatic carbocycles. The highest BCUT2D eigenvalue weighted by Gasteiger charge is 2.36. The Kier molecular flexibility index (Phi) is 8.43. The number of para-hydroxylation sites is 8. The first-order valence-corrected chi connectivity index (χ1v) is 24.0. The Bertz CT molecular complexity index is 3860. The van der Waals surface area contributed by atoms with E-state index in [4.69, 9.17) is 0 Å². The summed E-state index contributed by atoms with van der Waals surface area (Å²) >= 11 is 0. The summed E-state index contributed by atoms with van der Waals surface area (Å²) in [6, 6.07) is 81.6. The van der Waals surface area contributed by atoms with Crippen molar-refractivity contribution >= 4 is 89.2 Å². The van der Waals surface area contributed by atoms with Crippen LogP contribution in [-0.2, 0) is 5.41 Å². The fraction of sp³-hybridized carbons (Fsp3) is 0.0769. The van der Waals surface area contributed by atoms with Crippen molar-refractivity contribution in [3.05, 3.63) is 230 Å². The Hall–Kier alpha value is -8.60. The third-order valence-corrected chi connectivity index (χ3v) is 15.4. The summed E-state index contributed by atoms with van der Waals surface area (Å²) in [5, 5.41) is 7.32. The summed E-state index contributed by atoms with van der Waals surface area (Å²) < 4.78 is 0. The van der Waals surface area contributed by atoms with Crippen LogP contribution in [0, 0.1) is 0 Å². The van der Waals surface area contributed by atoms with Gasteiger partial charge >= 0.3 is 0 Å². The lowest BCUT2D eigenvalue weighted by atomic mass is 9.80. The molecular formula is C65H48N4. The zero-order chi connectivity index (χ0) is 46.1. The molecule has 3 aliphatic rings. The average Bonchev–Trinajstić information content (AvgIpc) is 3.62. The van der Waals surface area contributed by atoms with Gasteiger partial charge in [-0.3, -0.25) is 0 Å². The lowest BCUT2D eigenvalue weighted by Crippen LogP contribution is -2.24. The van der Waals surface area contributed by atoms with E-state index in [1.54, 1.807) is 0 Å². The van der Waals surface area contributed by atoms with Crippen LogP contribution >= 0.6 is 0 Å². The van der Waals surface area contributed by atoms with E-state index in [-0.39, 0.29) is 5.41 Å². The SMILES string of the molecule is CN1c2ccccc2N(c2ccc3c(-c4ccc5ccccc5c4)c4cc(N5c6ccccc6N(C)c6ccccc65)ccc4c(-c4ccc5c(c4)C(C)(C)c4ccccc4-5)c3c2)c2ccccc21. The summed E-state index contributed by atoms with van der Waals surface area (Å²) in [5.41, 5.74) is 21.7. The van der Waals surface area contributed by atoms with Gasteiger partial charge in [-0.05, 0) is 162 Å². The van der Waals surface area contributed by atoms with Crippen LogP contribution < -0.4 is 19.6 Å². The van der Waals surface area contributed by atoms with E-state index in [9.17, 15) is 0 Å². The highest BCUT2D eigenvalue weighted by atomic mass is 15.3. The molecule has 0 atom stereocenters. The molecule has 0 saturated heterocycles. The van der Waals surface area contributed by atoms with Gasteiger partial charge in [-0.15, -0.1) is 0 Å². The van der Waals surface area contributed by atoms with Crippen LogP contribution in [0.15, 0.2) is 218 Å². The number of fused-ring (bicyclic) bond motifs is 10. The highest BCUT2D eigenvalue weighted by molar-refractivity contribution is 6.23. The van der Waals surface area contributed by atoms with E-state index in [1.165, 1.54) is 99.6 Å². The molecule has 2 aliphatic heterocycles. The van der Waals surface area contributed by atoms with Crippen molar-refractivity contribution in [2.75, 3.05) is 33.7 Å². The van der Waals surface area contributed by atoms with Crippen LogP contribution in [0.25, 0.3) is 65.7 Å². The Balaban J connectivity index is 1.10. The van der Waals surface area contributed by atoms with Gasteiger partial charge in [0.15, 0.2) is 0 Å². The molecule has 0 unspecified atom stereocenters. The van der Waals surface area contributed by atoms with E-state index in [0.29, 0.717) is 0 Å². The van der Waals surface area contributed by atoms with E-state index in [2.05, 4.69) is 266 Å². The maximum absolute atomic E-state index is 2.51. The van der Waals surface area contributed by atoms with Crippen LogP contribution in [-0.4, -0.2) is 14.1 Å². The summed E-state index contributed by atoms with van der Waals surface area (Å²) in [5.74, 6) is 0. The average molecular weight is 885 g/mol. The first-order valence-electron chi connectivity index (χ1n) is 24.0. The van der Waals surface area contributed by atoms with Gasteiger partial charge in [0, 0.05) is 30.9 Å². The Labute approximate surface area is 403 Å². The van der Waals surface area contributed by atoms with Crippen LogP contribution in [0.1, 0.15) is 25.0 Å². The predicted octanol–water partition coefficient (Wildman–Crippen LogP) is 17.9. The number of hydrogen-bond acceptors (Lipinski definition) is 4. The quantitative estimate of drug-likeness (QED) is 0.163. The van der Waals surface area contributed by atoms with Crippen LogP contribution in [0.2, 0.25) is 0 Å². The minimum absolute atomic E-state index is 0.160. The molecule has 2 heterocycles. The van der Waals surface area contributed by atoms with Crippen LogP contribution in [0.5, 0.6) is 0 Å². The zero-order valence-electron chi connectivity index (χ0n) is 39.1. The number of benzene rings is 11. The van der Waals surface area contributed by atoms with Gasteiger partial charge in [0.05, 0.1) is 45.5 Å². The van der Waals surface area contributed by atoms with E-state index in [0.717, 1.165) is 34.1 Å². The molecule has 0 aromatic heterocycles. The first-order chi connectivity index (χ1) is 33.8. The number of hydrogen-bond donors (Lipinski definition) is 0. The van der Waals surface area contributed by atoms with Crippen molar-refractivity contribution in [2.45, 2.75) is 19.3 Å². The van der Waals surface area contributed by atoms with Crippen LogP contribution in [0.3, 0.4) is 0 Å². The lowest BCUT2D eigenvalue weighted by molar-refractivity contribution is 0.660. The Morgan fingerprint density at radius 3 is 1.23 bits per heavy atom. The second-order valence-corrected chi connectivity index (χ2v) is 19.4. The Morgan fingerprint density at radius 1 is 0.304 bits per heavy atom.